The third kappa shape index (κ3) is 8.00. The van der Waals surface area contributed by atoms with Crippen molar-refractivity contribution in [2.75, 3.05) is 11.9 Å². The van der Waals surface area contributed by atoms with Gasteiger partial charge in [-0.05, 0) is 51.8 Å². The Kier molecular flexibility index (Phi) is 8.09. The topological polar surface area (TPSA) is 93.7 Å². The molecule has 0 bridgehead atoms. The second kappa shape index (κ2) is 9.79. The zero-order valence-corrected chi connectivity index (χ0v) is 16.0. The number of carbonyl (C=O) groups is 3. The van der Waals surface area contributed by atoms with E-state index in [4.69, 9.17) is 9.47 Å². The molecular weight excluding hydrogens is 336 g/mol. The number of benzene rings is 1. The fraction of sp³-hybridized carbons (Fsp3) is 0.526. The number of hydrogen-bond acceptors (Lipinski definition) is 5. The summed E-state index contributed by atoms with van der Waals surface area (Å²) in [5.41, 5.74) is 0.00657. The van der Waals surface area contributed by atoms with Crippen molar-refractivity contribution in [1.82, 2.24) is 5.32 Å². The van der Waals surface area contributed by atoms with E-state index in [9.17, 15) is 14.4 Å². The van der Waals surface area contributed by atoms with Crippen molar-refractivity contribution in [3.63, 3.8) is 0 Å². The minimum atomic E-state index is -0.641. The Labute approximate surface area is 154 Å². The average molecular weight is 364 g/mol. The van der Waals surface area contributed by atoms with Crippen molar-refractivity contribution < 1.29 is 23.9 Å². The summed E-state index contributed by atoms with van der Waals surface area (Å²) < 4.78 is 10.2. The van der Waals surface area contributed by atoms with E-state index in [0.717, 1.165) is 12.8 Å². The number of esters is 1. The van der Waals surface area contributed by atoms with Gasteiger partial charge < -0.3 is 14.8 Å². The highest BCUT2D eigenvalue weighted by atomic mass is 16.6. The number of amides is 2. The molecule has 0 unspecified atom stereocenters. The van der Waals surface area contributed by atoms with Gasteiger partial charge in [-0.25, -0.2) is 9.59 Å². The van der Waals surface area contributed by atoms with E-state index < -0.39 is 17.7 Å². The van der Waals surface area contributed by atoms with Crippen LogP contribution < -0.4 is 10.6 Å². The van der Waals surface area contributed by atoms with Crippen molar-refractivity contribution in [1.29, 1.82) is 0 Å². The Balaban J connectivity index is 2.60. The van der Waals surface area contributed by atoms with Gasteiger partial charge in [-0.15, -0.1) is 0 Å². The van der Waals surface area contributed by atoms with Gasteiger partial charge in [-0.3, -0.25) is 10.1 Å². The molecule has 2 N–H and O–H groups in total. The van der Waals surface area contributed by atoms with Gasteiger partial charge in [0.2, 0.25) is 0 Å². The van der Waals surface area contributed by atoms with Crippen LogP contribution in [0.2, 0.25) is 0 Å². The predicted octanol–water partition coefficient (Wildman–Crippen LogP) is 3.50. The van der Waals surface area contributed by atoms with Crippen LogP contribution in [0, 0.1) is 0 Å². The van der Waals surface area contributed by atoms with Crippen LogP contribution in [0.15, 0.2) is 24.3 Å². The van der Waals surface area contributed by atoms with E-state index >= 15 is 0 Å². The van der Waals surface area contributed by atoms with Crippen LogP contribution >= 0.6 is 0 Å². The van der Waals surface area contributed by atoms with Crippen molar-refractivity contribution in [3.8, 4) is 0 Å². The van der Waals surface area contributed by atoms with Crippen LogP contribution in [0.4, 0.5) is 10.5 Å². The van der Waals surface area contributed by atoms with Crippen LogP contribution in [0.25, 0.3) is 0 Å². The van der Waals surface area contributed by atoms with E-state index in [1.807, 2.05) is 13.8 Å². The van der Waals surface area contributed by atoms with Crippen molar-refractivity contribution in [2.45, 2.75) is 59.1 Å². The Morgan fingerprint density at radius 1 is 1.12 bits per heavy atom. The maximum Gasteiger partial charge on any atom is 0.412 e. The van der Waals surface area contributed by atoms with E-state index in [2.05, 4.69) is 10.6 Å². The number of hydrogen-bond donors (Lipinski definition) is 2. The first-order valence-electron chi connectivity index (χ1n) is 8.71. The molecule has 0 saturated carbocycles. The van der Waals surface area contributed by atoms with Gasteiger partial charge in [-0.2, -0.15) is 0 Å². The summed E-state index contributed by atoms with van der Waals surface area (Å²) in [7, 11) is 0. The normalized spacial score (nSPS) is 11.0. The molecule has 7 heteroatoms. The first kappa shape index (κ1) is 21.5. The Morgan fingerprint density at radius 2 is 1.77 bits per heavy atom. The Morgan fingerprint density at radius 3 is 2.35 bits per heavy atom. The molecule has 7 nitrogen and oxygen atoms in total. The summed E-state index contributed by atoms with van der Waals surface area (Å²) in [5.74, 6) is -0.979. The zero-order valence-electron chi connectivity index (χ0n) is 16.0. The molecule has 1 rings (SSSR count). The number of rotatable bonds is 7. The van der Waals surface area contributed by atoms with Crippen molar-refractivity contribution in [3.05, 3.63) is 29.8 Å². The van der Waals surface area contributed by atoms with Crippen LogP contribution in [0.5, 0.6) is 0 Å². The third-order valence-corrected chi connectivity index (χ3v) is 3.43. The average Bonchev–Trinajstić information content (AvgIpc) is 2.55. The lowest BCUT2D eigenvalue weighted by atomic mass is 10.2. The predicted molar refractivity (Wildman–Crippen MR) is 99.1 cm³/mol. The fourth-order valence-electron chi connectivity index (χ4n) is 2.12. The molecule has 0 aliphatic rings. The molecule has 0 fully saturated rings. The van der Waals surface area contributed by atoms with Crippen molar-refractivity contribution >= 4 is 23.7 Å². The molecule has 1 aromatic carbocycles. The standard InChI is InChI=1S/C19H28N2O5/c1-6-14(7-2)20-16(22)12-25-17(23)13-9-8-10-15(11-13)21-18(24)26-19(3,4)5/h8-11,14H,6-7,12H2,1-5H3,(H,20,22)(H,21,24). The molecule has 2 amide bonds. The first-order valence-corrected chi connectivity index (χ1v) is 8.71. The summed E-state index contributed by atoms with van der Waals surface area (Å²) in [6.45, 7) is 8.87. The highest BCUT2D eigenvalue weighted by Crippen LogP contribution is 2.14. The van der Waals surface area contributed by atoms with Gasteiger partial charge >= 0.3 is 12.1 Å². The molecule has 0 radical (unpaired) electrons. The lowest BCUT2D eigenvalue weighted by Crippen LogP contribution is -2.36. The highest BCUT2D eigenvalue weighted by molar-refractivity contribution is 5.93. The van der Waals surface area contributed by atoms with Gasteiger partial charge in [-0.1, -0.05) is 19.9 Å². The number of anilines is 1. The number of ether oxygens (including phenoxy) is 2. The molecule has 26 heavy (non-hydrogen) atoms. The number of nitrogens with one attached hydrogen (secondary N) is 2. The third-order valence-electron chi connectivity index (χ3n) is 3.43. The van der Waals surface area contributed by atoms with Crippen LogP contribution in [0.3, 0.4) is 0 Å². The molecule has 0 spiro atoms. The smallest absolute Gasteiger partial charge is 0.412 e. The molecule has 0 aromatic heterocycles. The van der Waals surface area contributed by atoms with E-state index in [1.165, 1.54) is 6.07 Å². The Hall–Kier alpha value is -2.57. The van der Waals surface area contributed by atoms with Gasteiger partial charge in [0, 0.05) is 11.7 Å². The van der Waals surface area contributed by atoms with Gasteiger partial charge in [0.1, 0.15) is 5.60 Å². The maximum absolute atomic E-state index is 12.1. The van der Waals surface area contributed by atoms with Crippen LogP contribution in [-0.4, -0.2) is 36.2 Å². The van der Waals surface area contributed by atoms with E-state index in [0.29, 0.717) is 5.69 Å². The lowest BCUT2D eigenvalue weighted by molar-refractivity contribution is -0.125. The summed E-state index contributed by atoms with van der Waals surface area (Å²) in [6.07, 6.45) is 1.01. The second-order valence-electron chi connectivity index (χ2n) is 6.86. The minimum absolute atomic E-state index is 0.0718. The second-order valence-corrected chi connectivity index (χ2v) is 6.86. The first-order chi connectivity index (χ1) is 12.1. The highest BCUT2D eigenvalue weighted by Gasteiger charge is 2.17. The van der Waals surface area contributed by atoms with E-state index in [-0.39, 0.29) is 24.1 Å². The minimum Gasteiger partial charge on any atom is -0.452 e. The fourth-order valence-corrected chi connectivity index (χ4v) is 2.12. The van der Waals surface area contributed by atoms with Crippen LogP contribution in [-0.2, 0) is 14.3 Å². The van der Waals surface area contributed by atoms with Gasteiger partial charge in [0.05, 0.1) is 5.56 Å². The van der Waals surface area contributed by atoms with E-state index in [1.54, 1.807) is 39.0 Å². The molecule has 1 aromatic rings. The monoisotopic (exact) mass is 364 g/mol. The van der Waals surface area contributed by atoms with Crippen LogP contribution in [0.1, 0.15) is 57.8 Å². The summed E-state index contributed by atoms with van der Waals surface area (Å²) in [4.78, 5) is 35.7. The summed E-state index contributed by atoms with van der Waals surface area (Å²) >= 11 is 0. The summed E-state index contributed by atoms with van der Waals surface area (Å²) in [6, 6.07) is 6.31. The molecule has 0 aliphatic carbocycles. The largest absolute Gasteiger partial charge is 0.452 e. The van der Waals surface area contributed by atoms with Gasteiger partial charge in [0.25, 0.3) is 5.91 Å². The summed E-state index contributed by atoms with van der Waals surface area (Å²) in [5, 5.41) is 5.34. The molecule has 0 heterocycles. The molecule has 144 valence electrons. The zero-order chi connectivity index (χ0) is 19.7. The van der Waals surface area contributed by atoms with Crippen molar-refractivity contribution in [2.24, 2.45) is 0 Å². The SMILES string of the molecule is CCC(CC)NC(=O)COC(=O)c1cccc(NC(=O)OC(C)(C)C)c1. The van der Waals surface area contributed by atoms with Gasteiger partial charge in [0.15, 0.2) is 6.61 Å². The lowest BCUT2D eigenvalue weighted by Gasteiger charge is -2.19. The Bertz CT molecular complexity index is 633. The molecule has 0 aliphatic heterocycles. The quantitative estimate of drug-likeness (QED) is 0.722. The number of carbonyl (C=O) groups excluding carboxylic acids is 3. The molecular formula is C19H28N2O5. The maximum atomic E-state index is 12.1. The molecule has 0 atom stereocenters. The molecule has 0 saturated heterocycles.